The van der Waals surface area contributed by atoms with Gasteiger partial charge in [-0.15, -0.1) is 0 Å². The highest BCUT2D eigenvalue weighted by Crippen LogP contribution is 2.32. The molecule has 278 valence electrons. The van der Waals surface area contributed by atoms with E-state index in [1.807, 2.05) is 6.92 Å². The number of sulfonamides is 4. The van der Waals surface area contributed by atoms with Crippen molar-refractivity contribution < 1.29 is 33.7 Å². The van der Waals surface area contributed by atoms with Crippen molar-refractivity contribution in [3.05, 3.63) is 161 Å². The summed E-state index contributed by atoms with van der Waals surface area (Å²) in [7, 11) is -20.1. The van der Waals surface area contributed by atoms with Gasteiger partial charge in [0.15, 0.2) is 0 Å². The number of nitrogens with zero attached hydrogens (tertiary/aromatic N) is 2. The minimum atomic E-state index is -5.04. The van der Waals surface area contributed by atoms with Crippen molar-refractivity contribution in [2.24, 2.45) is 0 Å². The van der Waals surface area contributed by atoms with Gasteiger partial charge in [0.05, 0.1) is 32.2 Å². The summed E-state index contributed by atoms with van der Waals surface area (Å²) >= 11 is 0. The van der Waals surface area contributed by atoms with E-state index in [2.05, 4.69) is 0 Å². The van der Waals surface area contributed by atoms with Gasteiger partial charge in [0.1, 0.15) is 0 Å². The normalized spacial score (nSPS) is 13.5. The third-order valence-electron chi connectivity index (χ3n) is 8.48. The second-order valence-corrected chi connectivity index (χ2v) is 20.6. The van der Waals surface area contributed by atoms with Crippen LogP contribution in [0.1, 0.15) is 33.4 Å². The van der Waals surface area contributed by atoms with Crippen molar-refractivity contribution >= 4 is 46.2 Å². The second kappa shape index (κ2) is 15.5. The van der Waals surface area contributed by atoms with E-state index in [0.29, 0.717) is 27.8 Å². The van der Waals surface area contributed by atoms with E-state index in [9.17, 15) is 33.7 Å². The Morgan fingerprint density at radius 1 is 0.415 bits per heavy atom. The first-order valence-electron chi connectivity index (χ1n) is 16.4. The molecule has 0 aliphatic rings. The summed E-state index contributed by atoms with van der Waals surface area (Å²) in [6.07, 6.45) is 2.63. The highest BCUT2D eigenvalue weighted by molar-refractivity contribution is 8.04. The lowest BCUT2D eigenvalue weighted by atomic mass is 10.1. The minimum absolute atomic E-state index is 0.182. The Kier molecular flexibility index (Phi) is 11.6. The van der Waals surface area contributed by atoms with Gasteiger partial charge in [-0.1, -0.05) is 120 Å². The van der Waals surface area contributed by atoms with Gasteiger partial charge in [0, 0.05) is 0 Å². The molecule has 5 aromatic carbocycles. The van der Waals surface area contributed by atoms with Crippen LogP contribution < -0.4 is 0 Å². The van der Waals surface area contributed by atoms with Crippen molar-refractivity contribution in [1.82, 2.24) is 7.42 Å². The molecule has 0 fully saturated rings. The number of benzene rings is 5. The van der Waals surface area contributed by atoms with Crippen molar-refractivity contribution in [2.75, 3.05) is 6.54 Å². The van der Waals surface area contributed by atoms with E-state index in [0.717, 1.165) is 5.56 Å². The molecule has 0 amide bonds. The van der Waals surface area contributed by atoms with Crippen LogP contribution in [0.2, 0.25) is 0 Å². The second-order valence-electron chi connectivity index (χ2n) is 12.8. The van der Waals surface area contributed by atoms with Gasteiger partial charge < -0.3 is 0 Å². The molecule has 0 heterocycles. The van der Waals surface area contributed by atoms with Crippen molar-refractivity contribution in [1.29, 1.82) is 0 Å². The lowest BCUT2D eigenvalue weighted by Gasteiger charge is -2.32. The molecular formula is C39H40N2O8S4. The maximum Gasteiger partial charge on any atom is 0.256 e. The van der Waals surface area contributed by atoms with Crippen LogP contribution >= 0.6 is 0 Å². The van der Waals surface area contributed by atoms with Crippen LogP contribution in [0.4, 0.5) is 0 Å². The summed E-state index contributed by atoms with van der Waals surface area (Å²) < 4.78 is 117. The fourth-order valence-corrected chi connectivity index (χ4v) is 12.9. The highest BCUT2D eigenvalue weighted by Gasteiger charge is 2.46. The van der Waals surface area contributed by atoms with E-state index >= 15 is 0 Å². The Labute approximate surface area is 313 Å². The third-order valence-corrected chi connectivity index (χ3v) is 17.2. The largest absolute Gasteiger partial charge is 0.256 e. The molecule has 1 atom stereocenters. The predicted octanol–water partition coefficient (Wildman–Crippen LogP) is 6.77. The zero-order valence-corrected chi connectivity index (χ0v) is 33.0. The molecule has 53 heavy (non-hydrogen) atoms. The molecule has 0 N–H and O–H groups in total. The van der Waals surface area contributed by atoms with Crippen LogP contribution in [0.25, 0.3) is 6.08 Å². The maximum atomic E-state index is 14.7. The Morgan fingerprint density at radius 3 is 0.981 bits per heavy atom. The summed E-state index contributed by atoms with van der Waals surface area (Å²) in [5, 5.41) is 0. The van der Waals surface area contributed by atoms with Gasteiger partial charge in [-0.2, -0.15) is 0 Å². The standard InChI is InChI=1S/C39H40N2O8S4/c1-29-6-16-34(17-7-29)18-19-35(41(52(46,47)38-24-12-32(4)13-25-38)53(48,49)39-26-14-33(5)15-27-39)28-40(50(42,43)36-20-8-30(2)9-21-36)51(44,45)37-22-10-31(3)11-23-37/h6-27,35H,28H2,1-5H3/b19-18+. The van der Waals surface area contributed by atoms with Gasteiger partial charge in [0.25, 0.3) is 40.1 Å². The first kappa shape index (κ1) is 39.8. The van der Waals surface area contributed by atoms with Crippen molar-refractivity contribution in [3.8, 4) is 0 Å². The van der Waals surface area contributed by atoms with Gasteiger partial charge in [-0.25, -0.2) is 33.7 Å². The molecule has 0 saturated carbocycles. The van der Waals surface area contributed by atoms with E-state index in [1.165, 1.54) is 109 Å². The quantitative estimate of drug-likeness (QED) is 0.127. The van der Waals surface area contributed by atoms with Gasteiger partial charge in [-0.3, -0.25) is 0 Å². The van der Waals surface area contributed by atoms with E-state index in [4.69, 9.17) is 0 Å². The molecular weight excluding hydrogens is 753 g/mol. The maximum absolute atomic E-state index is 14.7. The smallest absolute Gasteiger partial charge is 0.206 e. The number of hydrogen-bond donors (Lipinski definition) is 0. The molecule has 0 aliphatic heterocycles. The van der Waals surface area contributed by atoms with Crippen LogP contribution in [0.15, 0.2) is 147 Å². The predicted molar refractivity (Wildman–Crippen MR) is 206 cm³/mol. The van der Waals surface area contributed by atoms with Crippen LogP contribution in [0, 0.1) is 34.6 Å². The molecule has 0 aliphatic carbocycles. The molecule has 0 spiro atoms. The van der Waals surface area contributed by atoms with E-state index in [-0.39, 0.29) is 7.42 Å². The Morgan fingerprint density at radius 2 is 0.679 bits per heavy atom. The van der Waals surface area contributed by atoms with E-state index in [1.54, 1.807) is 52.0 Å². The molecule has 14 heteroatoms. The molecule has 10 nitrogen and oxygen atoms in total. The molecule has 5 rings (SSSR count). The zero-order valence-electron chi connectivity index (χ0n) is 29.8. The van der Waals surface area contributed by atoms with Gasteiger partial charge in [0.2, 0.25) is 0 Å². The lowest BCUT2D eigenvalue weighted by molar-refractivity contribution is 0.414. The summed E-state index contributed by atoms with van der Waals surface area (Å²) in [6, 6.07) is 26.9. The third kappa shape index (κ3) is 8.69. The molecule has 5 aromatic rings. The van der Waals surface area contributed by atoms with Crippen LogP contribution in [-0.2, 0) is 40.1 Å². The number of rotatable bonds is 13. The summed E-state index contributed by atoms with van der Waals surface area (Å²) in [5.74, 6) is 0. The zero-order chi connectivity index (χ0) is 38.8. The van der Waals surface area contributed by atoms with Crippen molar-refractivity contribution in [2.45, 2.75) is 60.2 Å². The average Bonchev–Trinajstić information content (AvgIpc) is 3.10. The first-order chi connectivity index (χ1) is 24.8. The monoisotopic (exact) mass is 792 g/mol. The summed E-state index contributed by atoms with van der Waals surface area (Å²) in [4.78, 5) is -1.59. The fourth-order valence-electron chi connectivity index (χ4n) is 5.35. The molecule has 0 bridgehead atoms. The van der Waals surface area contributed by atoms with Crippen LogP contribution in [0.5, 0.6) is 0 Å². The molecule has 1 unspecified atom stereocenters. The number of aryl methyl sites for hydroxylation is 5. The minimum Gasteiger partial charge on any atom is -0.206 e. The fraction of sp³-hybridized carbons (Fsp3) is 0.179. The first-order valence-corrected chi connectivity index (χ1v) is 22.2. The molecule has 0 radical (unpaired) electrons. The number of hydrogen-bond acceptors (Lipinski definition) is 8. The summed E-state index contributed by atoms with van der Waals surface area (Å²) in [6.45, 7) is 7.64. The van der Waals surface area contributed by atoms with Crippen LogP contribution in [0.3, 0.4) is 0 Å². The van der Waals surface area contributed by atoms with Crippen LogP contribution in [-0.4, -0.2) is 53.7 Å². The average molecular weight is 793 g/mol. The SMILES string of the molecule is Cc1ccc(/C=C/C(CN(S(=O)(=O)c2ccc(C)cc2)S(=O)(=O)c2ccc(C)cc2)N(S(=O)(=O)c2ccc(C)cc2)S(=O)(=O)c2ccc(C)cc2)cc1. The Balaban J connectivity index is 1.82. The van der Waals surface area contributed by atoms with Gasteiger partial charge in [-0.05, 0) is 88.7 Å². The lowest BCUT2D eigenvalue weighted by Crippen LogP contribution is -2.51. The van der Waals surface area contributed by atoms with Gasteiger partial charge >= 0.3 is 0 Å². The van der Waals surface area contributed by atoms with Crippen molar-refractivity contribution in [3.63, 3.8) is 0 Å². The Hall–Kier alpha value is -4.44. The molecule has 0 saturated heterocycles. The Bertz CT molecular complexity index is 2400. The summed E-state index contributed by atoms with van der Waals surface area (Å²) in [5.41, 5.74) is 4.25. The topological polar surface area (TPSA) is 143 Å². The van der Waals surface area contributed by atoms with E-state index < -0.39 is 72.3 Å². The molecule has 0 aromatic heterocycles. The highest BCUT2D eigenvalue weighted by atomic mass is 32.3.